The molecule has 56 heavy (non-hydrogen) atoms. The third-order valence-electron chi connectivity index (χ3n) is 10.4. The second-order valence-corrected chi connectivity index (χ2v) is 14.7. The monoisotopic (exact) mass is 788 g/mol. The predicted octanol–water partition coefficient (Wildman–Crippen LogP) is 4.64. The molecule has 0 unspecified atom stereocenters. The maximum absolute atomic E-state index is 13.4. The summed E-state index contributed by atoms with van der Waals surface area (Å²) in [5.41, 5.74) is 0.947. The Hall–Kier alpha value is -3.50. The highest BCUT2D eigenvalue weighted by Gasteiger charge is 2.54. The lowest BCUT2D eigenvalue weighted by atomic mass is 9.96. The molecule has 3 N–H and O–H groups in total. The fourth-order valence-electron chi connectivity index (χ4n) is 6.82. The lowest BCUT2D eigenvalue weighted by molar-refractivity contribution is -0.361. The van der Waals surface area contributed by atoms with Crippen LogP contribution < -0.4 is 0 Å². The van der Waals surface area contributed by atoms with Crippen molar-refractivity contribution in [2.24, 2.45) is 0 Å². The normalized spacial score (nSPS) is 33.2. The van der Waals surface area contributed by atoms with Crippen molar-refractivity contribution < 1.29 is 67.7 Å². The molecule has 11 atom stereocenters. The number of unbranched alkanes of at least 4 members (excludes halogenated alkanes) is 2. The van der Waals surface area contributed by atoms with Crippen LogP contribution in [0.5, 0.6) is 0 Å². The minimum absolute atomic E-state index is 0.0450. The molecule has 0 aromatic heterocycles. The zero-order chi connectivity index (χ0) is 40.6. The Bertz CT molecular complexity index is 1460. The Morgan fingerprint density at radius 3 is 2.34 bits per heavy atom. The van der Waals surface area contributed by atoms with Crippen LogP contribution in [0.4, 0.5) is 0 Å². The van der Waals surface area contributed by atoms with Gasteiger partial charge in [-0.1, -0.05) is 81.9 Å². The van der Waals surface area contributed by atoms with E-state index < -0.39 is 79.3 Å². The van der Waals surface area contributed by atoms with Crippen molar-refractivity contribution in [2.45, 2.75) is 172 Å². The number of Topliss-reactive ketones (excluding diaryl/α,β-unsaturated/α-hetero) is 1. The Morgan fingerprint density at radius 1 is 0.857 bits per heavy atom. The SMILES string of the molecule is C/C=C(\C)C(=O)O[C@@H]1[C@@H](O)[C@@H]2O[C@H]3[C@H](OC(=O)CCC(=O)CCCCCC[C@H](CCCCC)OC[C@@H](O2)[C@H]1OC(=O)/C=C/c1ccccc1)O[C@H](C)[C@H](O)[C@@H]3O. The maximum atomic E-state index is 13.4. The summed E-state index contributed by atoms with van der Waals surface area (Å²) >= 11 is 0. The lowest BCUT2D eigenvalue weighted by Crippen LogP contribution is -2.65. The molecule has 1 aromatic rings. The second-order valence-electron chi connectivity index (χ2n) is 14.7. The summed E-state index contributed by atoms with van der Waals surface area (Å²) < 4.78 is 41.9. The van der Waals surface area contributed by atoms with E-state index >= 15 is 0 Å². The van der Waals surface area contributed by atoms with E-state index in [1.165, 1.54) is 26.0 Å². The van der Waals surface area contributed by atoms with Gasteiger partial charge in [0.25, 0.3) is 0 Å². The molecular weight excluding hydrogens is 728 g/mol. The summed E-state index contributed by atoms with van der Waals surface area (Å²) in [5, 5.41) is 33.8. The molecule has 0 spiro atoms. The fourth-order valence-corrected chi connectivity index (χ4v) is 6.82. The molecule has 3 aliphatic heterocycles. The number of allylic oxidation sites excluding steroid dienone is 1. The van der Waals surface area contributed by atoms with Crippen molar-refractivity contribution in [1.29, 1.82) is 0 Å². The quantitative estimate of drug-likeness (QED) is 0.136. The van der Waals surface area contributed by atoms with Crippen LogP contribution in [0.25, 0.3) is 6.08 Å². The van der Waals surface area contributed by atoms with Crippen LogP contribution in [0, 0.1) is 0 Å². The lowest BCUT2D eigenvalue weighted by Gasteiger charge is -2.46. The molecule has 1 aromatic carbocycles. The minimum Gasteiger partial charge on any atom is -0.452 e. The van der Waals surface area contributed by atoms with Crippen LogP contribution in [0.2, 0.25) is 0 Å². The third-order valence-corrected chi connectivity index (χ3v) is 10.4. The van der Waals surface area contributed by atoms with E-state index in [0.717, 1.165) is 50.5 Å². The van der Waals surface area contributed by atoms with Crippen LogP contribution >= 0.6 is 0 Å². The Morgan fingerprint density at radius 2 is 1.61 bits per heavy atom. The topological polar surface area (TPSA) is 194 Å². The molecule has 3 heterocycles. The van der Waals surface area contributed by atoms with Gasteiger partial charge in [-0.25, -0.2) is 9.59 Å². The maximum Gasteiger partial charge on any atom is 0.333 e. The number of esters is 3. The largest absolute Gasteiger partial charge is 0.452 e. The molecule has 3 fully saturated rings. The average molecular weight is 789 g/mol. The average Bonchev–Trinajstić information content (AvgIpc) is 3.19. The van der Waals surface area contributed by atoms with Crippen LogP contribution in [-0.4, -0.2) is 113 Å². The summed E-state index contributed by atoms with van der Waals surface area (Å²) in [7, 11) is 0. The number of carbonyl (C=O) groups excluding carboxylic acids is 4. The Balaban J connectivity index is 1.71. The van der Waals surface area contributed by atoms with E-state index in [1.54, 1.807) is 25.1 Å². The van der Waals surface area contributed by atoms with Crippen molar-refractivity contribution in [1.82, 2.24) is 0 Å². The standard InChI is InChI=1S/C42H60O14/c1-5-7-11-19-30-20-15-9-8-14-18-29(43)22-24-33(45)54-42-39(35(47)34(46)27(4)51-42)56-41-36(48)38(55-40(49)26(3)6-2)37(31(52-41)25-50-30)53-32(44)23-21-28-16-12-10-13-17-28/h6,10,12-13,16-17,21,23,27,30-31,34-39,41-42,46-48H,5,7-9,11,14-15,18-20,22,24-25H2,1-4H3/b23-21+,26-6+/t27-,30+,31-,34+,35+,36-,37-,38-,39-,41+,42+/m1/s1. The first-order valence-corrected chi connectivity index (χ1v) is 20.0. The molecule has 14 nitrogen and oxygen atoms in total. The van der Waals surface area contributed by atoms with Gasteiger partial charge < -0.3 is 48.5 Å². The van der Waals surface area contributed by atoms with Crippen molar-refractivity contribution in [3.63, 3.8) is 0 Å². The highest BCUT2D eigenvalue weighted by molar-refractivity contribution is 5.88. The van der Waals surface area contributed by atoms with Crippen LogP contribution in [-0.2, 0) is 52.3 Å². The number of hydrogen-bond donors (Lipinski definition) is 3. The van der Waals surface area contributed by atoms with Crippen molar-refractivity contribution in [3.05, 3.63) is 53.6 Å². The summed E-state index contributed by atoms with van der Waals surface area (Å²) in [6.45, 7) is 6.58. The van der Waals surface area contributed by atoms with Gasteiger partial charge in [-0.2, -0.15) is 0 Å². The number of ketones is 1. The number of ether oxygens (including phenoxy) is 7. The number of carbonyl (C=O) groups is 4. The van der Waals surface area contributed by atoms with E-state index in [1.807, 2.05) is 18.2 Å². The minimum atomic E-state index is -1.84. The van der Waals surface area contributed by atoms with E-state index in [0.29, 0.717) is 19.3 Å². The second kappa shape index (κ2) is 23.0. The van der Waals surface area contributed by atoms with Gasteiger partial charge in [-0.15, -0.1) is 0 Å². The van der Waals surface area contributed by atoms with Gasteiger partial charge >= 0.3 is 17.9 Å². The van der Waals surface area contributed by atoms with Crippen molar-refractivity contribution in [3.8, 4) is 0 Å². The first-order chi connectivity index (χ1) is 26.9. The van der Waals surface area contributed by atoms with Gasteiger partial charge in [0, 0.05) is 24.5 Å². The Labute approximate surface area is 329 Å². The predicted molar refractivity (Wildman–Crippen MR) is 202 cm³/mol. The van der Waals surface area contributed by atoms with E-state index in [2.05, 4.69) is 6.92 Å². The number of fused-ring (bicyclic) bond motifs is 3. The molecule has 3 aliphatic rings. The van der Waals surface area contributed by atoms with Gasteiger partial charge in [0.2, 0.25) is 6.29 Å². The fraction of sp³-hybridized carbons (Fsp3) is 0.667. The van der Waals surface area contributed by atoms with E-state index in [-0.39, 0.29) is 36.9 Å². The van der Waals surface area contributed by atoms with Crippen LogP contribution in [0.15, 0.2) is 48.1 Å². The van der Waals surface area contributed by atoms with Gasteiger partial charge in [0.1, 0.15) is 30.2 Å². The smallest absolute Gasteiger partial charge is 0.333 e. The molecule has 0 aliphatic carbocycles. The van der Waals surface area contributed by atoms with Gasteiger partial charge in [0.15, 0.2) is 24.6 Å². The zero-order valence-electron chi connectivity index (χ0n) is 33.0. The number of benzene rings is 1. The van der Waals surface area contributed by atoms with Gasteiger partial charge in [-0.3, -0.25) is 9.59 Å². The summed E-state index contributed by atoms with van der Waals surface area (Å²) in [5.74, 6) is -2.48. The molecule has 0 radical (unpaired) electrons. The number of rotatable bonds is 9. The van der Waals surface area contributed by atoms with Gasteiger partial charge in [0.05, 0.1) is 25.2 Å². The van der Waals surface area contributed by atoms with Crippen LogP contribution in [0.3, 0.4) is 0 Å². The third kappa shape index (κ3) is 13.6. The first-order valence-electron chi connectivity index (χ1n) is 20.0. The summed E-state index contributed by atoms with van der Waals surface area (Å²) in [6.07, 6.45) is -3.38. The highest BCUT2D eigenvalue weighted by Crippen LogP contribution is 2.33. The first kappa shape index (κ1) is 45.2. The molecule has 3 saturated heterocycles. The highest BCUT2D eigenvalue weighted by atomic mass is 16.8. The molecule has 0 saturated carbocycles. The molecular formula is C42H60O14. The molecule has 2 bridgehead atoms. The zero-order valence-corrected chi connectivity index (χ0v) is 33.0. The van der Waals surface area contributed by atoms with Gasteiger partial charge in [-0.05, 0) is 51.7 Å². The molecule has 4 rings (SSSR count). The Kier molecular flexibility index (Phi) is 18.6. The summed E-state index contributed by atoms with van der Waals surface area (Å²) in [6, 6.07) is 9.07. The summed E-state index contributed by atoms with van der Waals surface area (Å²) in [4.78, 5) is 52.2. The van der Waals surface area contributed by atoms with E-state index in [9.17, 15) is 34.5 Å². The van der Waals surface area contributed by atoms with Crippen molar-refractivity contribution in [2.75, 3.05) is 6.61 Å². The molecule has 0 amide bonds. The molecule has 312 valence electrons. The number of hydrogen-bond acceptors (Lipinski definition) is 14. The van der Waals surface area contributed by atoms with E-state index in [4.69, 9.17) is 33.2 Å². The number of aliphatic hydroxyl groups excluding tert-OH is 3. The molecule has 14 heteroatoms. The van der Waals surface area contributed by atoms with Crippen LogP contribution in [0.1, 0.15) is 110 Å². The number of aliphatic hydroxyl groups is 3. The van der Waals surface area contributed by atoms with Crippen molar-refractivity contribution >= 4 is 29.8 Å².